The monoisotopic (exact) mass is 392 g/mol. The average molecular weight is 393 g/mol. The molecule has 0 radical (unpaired) electrons. The van der Waals surface area contributed by atoms with E-state index in [1.54, 1.807) is 24.6 Å². The van der Waals surface area contributed by atoms with Gasteiger partial charge < -0.3 is 0 Å². The number of hydrogen-bond donors (Lipinski definition) is 0. The Morgan fingerprint density at radius 1 is 1.26 bits per heavy atom. The second-order valence-corrected chi connectivity index (χ2v) is 9.61. The van der Waals surface area contributed by atoms with Crippen LogP contribution in [-0.4, -0.2) is 64.0 Å². The first-order valence-corrected chi connectivity index (χ1v) is 10.7. The van der Waals surface area contributed by atoms with Crippen LogP contribution in [0.5, 0.6) is 0 Å². The van der Waals surface area contributed by atoms with Crippen LogP contribution in [0.15, 0.2) is 18.3 Å². The molecule has 3 rings (SSSR count). The first kappa shape index (κ1) is 19.9. The Balaban J connectivity index is 1.93. The Labute approximate surface area is 161 Å². The summed E-state index contributed by atoms with van der Waals surface area (Å²) in [7, 11) is -0.276. The van der Waals surface area contributed by atoms with Gasteiger partial charge in [0.25, 0.3) is 10.2 Å². The molecule has 1 saturated heterocycles. The van der Waals surface area contributed by atoms with Crippen molar-refractivity contribution in [2.45, 2.75) is 45.6 Å². The van der Waals surface area contributed by atoms with Gasteiger partial charge in [0, 0.05) is 51.0 Å². The SMILES string of the molecule is Cc1nc(-c2ccnn2C(C)C)cc([C@H]2CCCN(S(=O)(=O)N(C)C)C2)n1. The summed E-state index contributed by atoms with van der Waals surface area (Å²) in [5.41, 5.74) is 2.68. The second-order valence-electron chi connectivity index (χ2n) is 7.47. The number of aromatic nitrogens is 4. The molecule has 1 fully saturated rings. The van der Waals surface area contributed by atoms with Gasteiger partial charge in [-0.15, -0.1) is 0 Å². The van der Waals surface area contributed by atoms with Gasteiger partial charge in [-0.2, -0.15) is 22.1 Å². The molecular weight excluding hydrogens is 364 g/mol. The smallest absolute Gasteiger partial charge is 0.261 e. The Bertz CT molecular complexity index is 906. The van der Waals surface area contributed by atoms with Crippen molar-refractivity contribution in [1.29, 1.82) is 0 Å². The highest BCUT2D eigenvalue weighted by molar-refractivity contribution is 7.86. The molecule has 9 heteroatoms. The quantitative estimate of drug-likeness (QED) is 0.779. The van der Waals surface area contributed by atoms with Gasteiger partial charge in [0.2, 0.25) is 0 Å². The van der Waals surface area contributed by atoms with Crippen LogP contribution in [0.3, 0.4) is 0 Å². The zero-order valence-electron chi connectivity index (χ0n) is 16.6. The highest BCUT2D eigenvalue weighted by Crippen LogP contribution is 2.30. The normalized spacial score (nSPS) is 19.1. The van der Waals surface area contributed by atoms with Crippen LogP contribution in [0.4, 0.5) is 0 Å². The highest BCUT2D eigenvalue weighted by atomic mass is 32.2. The minimum absolute atomic E-state index is 0.0596. The predicted octanol–water partition coefficient (Wildman–Crippen LogP) is 2.22. The van der Waals surface area contributed by atoms with E-state index in [1.807, 2.05) is 23.7 Å². The molecule has 0 N–H and O–H groups in total. The lowest BCUT2D eigenvalue weighted by Gasteiger charge is -2.33. The number of hydrogen-bond acceptors (Lipinski definition) is 5. The van der Waals surface area contributed by atoms with Crippen LogP contribution < -0.4 is 0 Å². The molecule has 3 heterocycles. The van der Waals surface area contributed by atoms with Crippen LogP contribution in [-0.2, 0) is 10.2 Å². The van der Waals surface area contributed by atoms with Gasteiger partial charge in [-0.25, -0.2) is 9.97 Å². The molecule has 1 aliphatic rings. The maximum atomic E-state index is 12.5. The van der Waals surface area contributed by atoms with E-state index in [0.717, 1.165) is 29.9 Å². The third kappa shape index (κ3) is 4.04. The Morgan fingerprint density at radius 3 is 2.67 bits per heavy atom. The summed E-state index contributed by atoms with van der Waals surface area (Å²) in [5.74, 6) is 0.746. The van der Waals surface area contributed by atoms with E-state index in [4.69, 9.17) is 0 Å². The fraction of sp³-hybridized carbons (Fsp3) is 0.611. The molecule has 148 valence electrons. The lowest BCUT2D eigenvalue weighted by atomic mass is 9.95. The molecule has 1 atom stereocenters. The Kier molecular flexibility index (Phi) is 5.64. The molecule has 1 aliphatic heterocycles. The van der Waals surface area contributed by atoms with Gasteiger partial charge in [-0.1, -0.05) is 0 Å². The van der Waals surface area contributed by atoms with Gasteiger partial charge in [0.15, 0.2) is 0 Å². The zero-order chi connectivity index (χ0) is 19.8. The van der Waals surface area contributed by atoms with Crippen LogP contribution in [0.2, 0.25) is 0 Å². The summed E-state index contributed by atoms with van der Waals surface area (Å²) in [6, 6.07) is 4.17. The summed E-state index contributed by atoms with van der Waals surface area (Å²) in [6.45, 7) is 7.03. The van der Waals surface area contributed by atoms with Gasteiger partial charge >= 0.3 is 0 Å². The van der Waals surface area contributed by atoms with E-state index >= 15 is 0 Å². The number of nitrogens with zero attached hydrogens (tertiary/aromatic N) is 6. The van der Waals surface area contributed by atoms with E-state index in [2.05, 4.69) is 28.9 Å². The maximum Gasteiger partial charge on any atom is 0.281 e. The molecule has 0 amide bonds. The van der Waals surface area contributed by atoms with Crippen LogP contribution in [0.25, 0.3) is 11.4 Å². The molecule has 0 saturated carbocycles. The van der Waals surface area contributed by atoms with Gasteiger partial charge in [-0.05, 0) is 45.7 Å². The van der Waals surface area contributed by atoms with Crippen molar-refractivity contribution in [3.05, 3.63) is 29.8 Å². The molecule has 0 bridgehead atoms. The first-order chi connectivity index (χ1) is 12.7. The van der Waals surface area contributed by atoms with Crippen LogP contribution in [0, 0.1) is 6.92 Å². The summed E-state index contributed by atoms with van der Waals surface area (Å²) >= 11 is 0. The van der Waals surface area contributed by atoms with Crippen molar-refractivity contribution in [2.75, 3.05) is 27.2 Å². The Morgan fingerprint density at radius 2 is 2.00 bits per heavy atom. The summed E-state index contributed by atoms with van der Waals surface area (Å²) in [4.78, 5) is 9.23. The fourth-order valence-corrected chi connectivity index (χ4v) is 4.67. The molecule has 2 aromatic heterocycles. The van der Waals surface area contributed by atoms with Gasteiger partial charge in [-0.3, -0.25) is 4.68 Å². The fourth-order valence-electron chi connectivity index (χ4n) is 3.48. The van der Waals surface area contributed by atoms with E-state index in [0.29, 0.717) is 18.9 Å². The van der Waals surface area contributed by atoms with Gasteiger partial charge in [0.05, 0.1) is 11.4 Å². The number of piperidine rings is 1. The van der Waals surface area contributed by atoms with E-state index in [1.165, 1.54) is 4.31 Å². The van der Waals surface area contributed by atoms with Crippen LogP contribution >= 0.6 is 0 Å². The van der Waals surface area contributed by atoms with E-state index in [-0.39, 0.29) is 12.0 Å². The largest absolute Gasteiger partial charge is 0.281 e. The minimum Gasteiger partial charge on any atom is -0.261 e. The lowest BCUT2D eigenvalue weighted by Crippen LogP contribution is -2.45. The standard InChI is InChI=1S/C18H28N6O2S/c1-13(2)24-18(8-9-19-24)17-11-16(20-14(3)21-17)15-7-6-10-23(12-15)27(25,26)22(4)5/h8-9,11,13,15H,6-7,10,12H2,1-5H3/t15-/m0/s1. The third-order valence-corrected chi connectivity index (χ3v) is 6.78. The topological polar surface area (TPSA) is 84.2 Å². The van der Waals surface area contributed by atoms with Crippen molar-refractivity contribution in [3.63, 3.8) is 0 Å². The minimum atomic E-state index is -3.41. The van der Waals surface area contributed by atoms with E-state index in [9.17, 15) is 8.42 Å². The molecular formula is C18H28N6O2S. The molecule has 0 unspecified atom stereocenters. The highest BCUT2D eigenvalue weighted by Gasteiger charge is 2.32. The number of aryl methyl sites for hydroxylation is 1. The van der Waals surface area contributed by atoms with Crippen molar-refractivity contribution < 1.29 is 8.42 Å². The van der Waals surface area contributed by atoms with Crippen molar-refractivity contribution in [1.82, 2.24) is 28.4 Å². The van der Waals surface area contributed by atoms with Crippen molar-refractivity contribution >= 4 is 10.2 Å². The molecule has 2 aromatic rings. The summed E-state index contributed by atoms with van der Waals surface area (Å²) in [6.07, 6.45) is 3.51. The number of rotatable bonds is 5. The van der Waals surface area contributed by atoms with E-state index < -0.39 is 10.2 Å². The first-order valence-electron chi connectivity index (χ1n) is 9.27. The summed E-state index contributed by atoms with van der Waals surface area (Å²) < 4.78 is 29.8. The van der Waals surface area contributed by atoms with Crippen molar-refractivity contribution in [3.8, 4) is 11.4 Å². The predicted molar refractivity (Wildman–Crippen MR) is 105 cm³/mol. The zero-order valence-corrected chi connectivity index (χ0v) is 17.4. The lowest BCUT2D eigenvalue weighted by molar-refractivity contribution is 0.296. The molecule has 0 aromatic carbocycles. The van der Waals surface area contributed by atoms with Gasteiger partial charge in [0.1, 0.15) is 5.82 Å². The molecule has 0 aliphatic carbocycles. The Hall–Kier alpha value is -1.84. The maximum absolute atomic E-state index is 12.5. The second kappa shape index (κ2) is 7.65. The van der Waals surface area contributed by atoms with Crippen molar-refractivity contribution in [2.24, 2.45) is 0 Å². The molecule has 0 spiro atoms. The molecule has 27 heavy (non-hydrogen) atoms. The summed E-state index contributed by atoms with van der Waals surface area (Å²) in [5, 5.41) is 4.39. The average Bonchev–Trinajstić information content (AvgIpc) is 3.11. The molecule has 8 nitrogen and oxygen atoms in total. The van der Waals surface area contributed by atoms with Crippen LogP contribution in [0.1, 0.15) is 50.2 Å². The third-order valence-electron chi connectivity index (χ3n) is 4.87.